The van der Waals surface area contributed by atoms with Crippen molar-refractivity contribution in [3.8, 4) is 5.75 Å². The number of carbonyl (C=O) groups is 1. The third-order valence-corrected chi connectivity index (χ3v) is 5.13. The van der Waals surface area contributed by atoms with Gasteiger partial charge in [-0.1, -0.05) is 6.92 Å². The second-order valence-corrected chi connectivity index (χ2v) is 7.74. The monoisotopic (exact) mass is 414 g/mol. The Morgan fingerprint density at radius 3 is 3.00 bits per heavy atom. The number of nitrogens with zero attached hydrogens (tertiary/aromatic N) is 1. The normalized spacial score (nSPS) is 19.4. The van der Waals surface area contributed by atoms with Gasteiger partial charge in [0.25, 0.3) is 5.91 Å². The van der Waals surface area contributed by atoms with Gasteiger partial charge in [-0.05, 0) is 85.7 Å². The summed E-state index contributed by atoms with van der Waals surface area (Å²) in [5.74, 6) is 0.766. The predicted molar refractivity (Wildman–Crippen MR) is 101 cm³/mol. The number of rotatable bonds is 8. The zero-order valence-electron chi connectivity index (χ0n) is 15.1. The van der Waals surface area contributed by atoms with E-state index in [1.54, 1.807) is 6.92 Å². The summed E-state index contributed by atoms with van der Waals surface area (Å²) in [5.41, 5.74) is 0. The fraction of sp³-hybridized carbons (Fsp3) is 0.632. The van der Waals surface area contributed by atoms with E-state index >= 15 is 0 Å². The van der Waals surface area contributed by atoms with Crippen LogP contribution in [0.1, 0.15) is 39.5 Å². The molecule has 1 heterocycles. The van der Waals surface area contributed by atoms with Crippen molar-refractivity contribution in [2.45, 2.75) is 45.6 Å². The summed E-state index contributed by atoms with van der Waals surface area (Å²) in [5, 5.41) is 2.91. The first-order chi connectivity index (χ1) is 12.0. The lowest BCUT2D eigenvalue weighted by Gasteiger charge is -2.30. The Morgan fingerprint density at radius 2 is 2.28 bits per heavy atom. The average Bonchev–Trinajstić information content (AvgIpc) is 2.57. The zero-order valence-corrected chi connectivity index (χ0v) is 16.6. The maximum Gasteiger partial charge on any atom is 0.260 e. The highest BCUT2D eigenvalue weighted by molar-refractivity contribution is 9.10. The summed E-state index contributed by atoms with van der Waals surface area (Å²) in [6.07, 6.45) is 4.07. The highest BCUT2D eigenvalue weighted by atomic mass is 79.9. The molecule has 1 aliphatic rings. The molecule has 6 heteroatoms. The third kappa shape index (κ3) is 6.94. The van der Waals surface area contributed by atoms with Crippen LogP contribution in [0.5, 0.6) is 5.75 Å². The molecule has 1 N–H and O–H groups in total. The van der Waals surface area contributed by atoms with Crippen LogP contribution in [0.3, 0.4) is 0 Å². The Labute approximate surface area is 158 Å². The fourth-order valence-corrected chi connectivity index (χ4v) is 3.56. The molecule has 0 unspecified atom stereocenters. The Morgan fingerprint density at radius 1 is 1.48 bits per heavy atom. The van der Waals surface area contributed by atoms with Crippen LogP contribution < -0.4 is 10.1 Å². The minimum absolute atomic E-state index is 0.150. The summed E-state index contributed by atoms with van der Waals surface area (Å²) in [4.78, 5) is 14.6. The van der Waals surface area contributed by atoms with E-state index in [2.05, 4.69) is 33.1 Å². The summed E-state index contributed by atoms with van der Waals surface area (Å²) in [6, 6.07) is 4.15. The van der Waals surface area contributed by atoms with Gasteiger partial charge in [0.2, 0.25) is 0 Å². The number of halogens is 2. The molecular weight excluding hydrogens is 387 g/mol. The SMILES string of the molecule is C[C@H]1CCCN(CCCCNC(=O)[C@@H](C)Oc2ccc(F)cc2Br)C1. The molecule has 25 heavy (non-hydrogen) atoms. The summed E-state index contributed by atoms with van der Waals surface area (Å²) in [7, 11) is 0. The van der Waals surface area contributed by atoms with E-state index in [0.29, 0.717) is 16.8 Å². The minimum atomic E-state index is -0.621. The quantitative estimate of drug-likeness (QED) is 0.653. The Kier molecular flexibility index (Phi) is 8.16. The molecular formula is C19H28BrFN2O2. The van der Waals surface area contributed by atoms with Crippen molar-refractivity contribution >= 4 is 21.8 Å². The molecule has 0 spiro atoms. The highest BCUT2D eigenvalue weighted by Gasteiger charge is 2.17. The number of ether oxygens (including phenoxy) is 1. The van der Waals surface area contributed by atoms with Gasteiger partial charge in [0.1, 0.15) is 11.6 Å². The van der Waals surface area contributed by atoms with Crippen molar-refractivity contribution in [2.24, 2.45) is 5.92 Å². The van der Waals surface area contributed by atoms with Crippen LogP contribution in [0.2, 0.25) is 0 Å². The fourth-order valence-electron chi connectivity index (χ4n) is 3.12. The van der Waals surface area contributed by atoms with Gasteiger partial charge >= 0.3 is 0 Å². The van der Waals surface area contributed by atoms with E-state index in [1.165, 1.54) is 44.1 Å². The van der Waals surface area contributed by atoms with Crippen LogP contribution in [-0.2, 0) is 4.79 Å². The Balaban J connectivity index is 1.62. The molecule has 1 aromatic rings. The van der Waals surface area contributed by atoms with Crippen molar-refractivity contribution < 1.29 is 13.9 Å². The summed E-state index contributed by atoms with van der Waals surface area (Å²) >= 11 is 3.24. The van der Waals surface area contributed by atoms with E-state index in [1.807, 2.05) is 0 Å². The van der Waals surface area contributed by atoms with Gasteiger partial charge in [-0.2, -0.15) is 0 Å². The maximum atomic E-state index is 13.1. The van der Waals surface area contributed by atoms with Gasteiger partial charge in [0, 0.05) is 13.1 Å². The molecule has 0 aromatic heterocycles. The highest BCUT2D eigenvalue weighted by Crippen LogP contribution is 2.26. The first kappa shape index (κ1) is 20.2. The van der Waals surface area contributed by atoms with Crippen molar-refractivity contribution in [3.05, 3.63) is 28.5 Å². The molecule has 0 aliphatic carbocycles. The second kappa shape index (κ2) is 10.1. The zero-order chi connectivity index (χ0) is 18.2. The second-order valence-electron chi connectivity index (χ2n) is 6.88. The molecule has 0 bridgehead atoms. The van der Waals surface area contributed by atoms with E-state index in [-0.39, 0.29) is 11.7 Å². The van der Waals surface area contributed by atoms with Gasteiger partial charge < -0.3 is 15.0 Å². The number of hydrogen-bond acceptors (Lipinski definition) is 3. The molecule has 1 aliphatic heterocycles. The van der Waals surface area contributed by atoms with Crippen LogP contribution in [0, 0.1) is 11.7 Å². The number of nitrogens with one attached hydrogen (secondary N) is 1. The van der Waals surface area contributed by atoms with Gasteiger partial charge in [0.15, 0.2) is 6.10 Å². The molecule has 4 nitrogen and oxygen atoms in total. The number of likely N-dealkylation sites (tertiary alicyclic amines) is 1. The molecule has 0 saturated carbocycles. The molecule has 1 aromatic carbocycles. The van der Waals surface area contributed by atoms with Crippen LogP contribution in [0.4, 0.5) is 4.39 Å². The standard InChI is InChI=1S/C19H28BrFN2O2/c1-14-6-5-11-23(13-14)10-4-3-9-22-19(24)15(2)25-18-8-7-16(21)12-17(18)20/h7-8,12,14-15H,3-6,9-11,13H2,1-2H3,(H,22,24)/t14-,15+/m0/s1. The summed E-state index contributed by atoms with van der Waals surface area (Å²) < 4.78 is 19.2. The number of benzene rings is 1. The molecule has 1 amide bonds. The number of unbranched alkanes of at least 4 members (excludes halogenated alkanes) is 1. The molecule has 1 saturated heterocycles. The van der Waals surface area contributed by atoms with Crippen molar-refractivity contribution in [1.82, 2.24) is 10.2 Å². The van der Waals surface area contributed by atoms with Gasteiger partial charge in [-0.15, -0.1) is 0 Å². The number of amides is 1. The lowest BCUT2D eigenvalue weighted by molar-refractivity contribution is -0.127. The molecule has 140 valence electrons. The lowest BCUT2D eigenvalue weighted by Crippen LogP contribution is -2.37. The Bertz CT molecular complexity index is 570. The third-order valence-electron chi connectivity index (χ3n) is 4.51. The smallest absolute Gasteiger partial charge is 0.260 e. The average molecular weight is 415 g/mol. The van der Waals surface area contributed by atoms with Crippen molar-refractivity contribution in [1.29, 1.82) is 0 Å². The predicted octanol–water partition coefficient (Wildman–Crippen LogP) is 3.98. The largest absolute Gasteiger partial charge is 0.480 e. The van der Waals surface area contributed by atoms with Crippen molar-refractivity contribution in [3.63, 3.8) is 0 Å². The van der Waals surface area contributed by atoms with Crippen LogP contribution in [0.25, 0.3) is 0 Å². The molecule has 2 atom stereocenters. The number of carbonyl (C=O) groups excluding carboxylic acids is 1. The van der Waals surface area contributed by atoms with E-state index in [9.17, 15) is 9.18 Å². The molecule has 0 radical (unpaired) electrons. The lowest BCUT2D eigenvalue weighted by atomic mass is 10.0. The van der Waals surface area contributed by atoms with Gasteiger partial charge in [0.05, 0.1) is 4.47 Å². The van der Waals surface area contributed by atoms with Crippen molar-refractivity contribution in [2.75, 3.05) is 26.2 Å². The first-order valence-electron chi connectivity index (χ1n) is 9.07. The first-order valence-corrected chi connectivity index (χ1v) is 9.87. The van der Waals surface area contributed by atoms with Crippen LogP contribution in [0.15, 0.2) is 22.7 Å². The summed E-state index contributed by atoms with van der Waals surface area (Å²) in [6.45, 7) is 8.17. The van der Waals surface area contributed by atoms with E-state index in [0.717, 1.165) is 25.3 Å². The molecule has 1 fully saturated rings. The van der Waals surface area contributed by atoms with Gasteiger partial charge in [-0.3, -0.25) is 4.79 Å². The van der Waals surface area contributed by atoms with Crippen LogP contribution >= 0.6 is 15.9 Å². The number of hydrogen-bond donors (Lipinski definition) is 1. The van der Waals surface area contributed by atoms with E-state index < -0.39 is 6.10 Å². The van der Waals surface area contributed by atoms with Crippen LogP contribution in [-0.4, -0.2) is 43.1 Å². The Hall–Kier alpha value is -1.14. The van der Waals surface area contributed by atoms with E-state index in [4.69, 9.17) is 4.74 Å². The number of piperidine rings is 1. The minimum Gasteiger partial charge on any atom is -0.480 e. The molecule has 2 rings (SSSR count). The topological polar surface area (TPSA) is 41.6 Å². The van der Waals surface area contributed by atoms with Gasteiger partial charge in [-0.25, -0.2) is 4.39 Å². The maximum absolute atomic E-state index is 13.1.